The molecule has 1 aliphatic heterocycles. The second-order valence-corrected chi connectivity index (χ2v) is 2.17. The molecule has 11 heavy (non-hydrogen) atoms. The van der Waals surface area contributed by atoms with Crippen molar-refractivity contribution in [3.63, 3.8) is 0 Å². The molecule has 0 aromatic heterocycles. The number of nitrogens with two attached hydrogens (primary N) is 2. The van der Waals surface area contributed by atoms with Crippen LogP contribution in [0.5, 0.6) is 0 Å². The molecule has 1 aliphatic rings. The van der Waals surface area contributed by atoms with Crippen LogP contribution in [-0.4, -0.2) is 31.2 Å². The smallest absolute Gasteiger partial charge is 0.407 e. The van der Waals surface area contributed by atoms with Crippen LogP contribution in [0.25, 0.3) is 0 Å². The molecule has 0 unspecified atom stereocenters. The van der Waals surface area contributed by atoms with Crippen molar-refractivity contribution in [1.29, 1.82) is 0 Å². The summed E-state index contributed by atoms with van der Waals surface area (Å²) in [5, 5.41) is 2.48. The predicted octanol–water partition coefficient (Wildman–Crippen LogP) is -1.63. The van der Waals surface area contributed by atoms with E-state index in [1.807, 2.05) is 0 Å². The van der Waals surface area contributed by atoms with Crippen LogP contribution < -0.4 is 16.8 Å². The minimum atomic E-state index is -0.416. The molecule has 0 aromatic rings. The molecular formula is C5H10N4O2. The fourth-order valence-corrected chi connectivity index (χ4v) is 0.741. The van der Waals surface area contributed by atoms with Crippen LogP contribution >= 0.6 is 0 Å². The van der Waals surface area contributed by atoms with Crippen molar-refractivity contribution < 1.29 is 9.53 Å². The van der Waals surface area contributed by atoms with E-state index >= 15 is 0 Å². The lowest BCUT2D eigenvalue weighted by Gasteiger charge is -2.02. The molecule has 0 aliphatic carbocycles. The Bertz CT molecular complexity index is 187. The molecule has 6 nitrogen and oxygen atoms in total. The summed E-state index contributed by atoms with van der Waals surface area (Å²) in [6.45, 7) is 0.788. The Morgan fingerprint density at radius 1 is 1.82 bits per heavy atom. The SMILES string of the molecule is NC(N)=NC[C@H]1CNC(=O)O1. The van der Waals surface area contributed by atoms with Gasteiger partial charge in [-0.05, 0) is 0 Å². The first-order valence-electron chi connectivity index (χ1n) is 3.18. The third-order valence-electron chi connectivity index (χ3n) is 1.23. The lowest BCUT2D eigenvalue weighted by molar-refractivity contribution is 0.144. The van der Waals surface area contributed by atoms with Crippen molar-refractivity contribution in [2.45, 2.75) is 6.10 Å². The van der Waals surface area contributed by atoms with Gasteiger partial charge in [0.2, 0.25) is 0 Å². The van der Waals surface area contributed by atoms with Crippen molar-refractivity contribution >= 4 is 12.1 Å². The number of rotatable bonds is 2. The van der Waals surface area contributed by atoms with Crippen LogP contribution in [0.1, 0.15) is 0 Å². The van der Waals surface area contributed by atoms with E-state index in [-0.39, 0.29) is 12.1 Å². The molecule has 0 saturated carbocycles. The van der Waals surface area contributed by atoms with Gasteiger partial charge in [0.1, 0.15) is 6.10 Å². The minimum Gasteiger partial charge on any atom is -0.442 e. The molecular weight excluding hydrogens is 148 g/mol. The number of guanidine groups is 1. The number of ether oxygens (including phenoxy) is 1. The highest BCUT2D eigenvalue weighted by Crippen LogP contribution is 1.99. The molecule has 1 fully saturated rings. The lowest BCUT2D eigenvalue weighted by atomic mass is 10.4. The van der Waals surface area contributed by atoms with Crippen LogP contribution in [0.4, 0.5) is 4.79 Å². The maximum Gasteiger partial charge on any atom is 0.407 e. The summed E-state index contributed by atoms with van der Waals surface area (Å²) in [5.41, 5.74) is 10.1. The molecule has 0 radical (unpaired) electrons. The Hall–Kier alpha value is -1.46. The lowest BCUT2D eigenvalue weighted by Crippen LogP contribution is -2.26. The Morgan fingerprint density at radius 3 is 3.00 bits per heavy atom. The average molecular weight is 158 g/mol. The highest BCUT2D eigenvalue weighted by Gasteiger charge is 2.21. The van der Waals surface area contributed by atoms with Gasteiger partial charge in [-0.1, -0.05) is 0 Å². The minimum absolute atomic E-state index is 0.00736. The number of nitrogens with one attached hydrogen (secondary N) is 1. The number of aliphatic imine (C=N–C) groups is 1. The second-order valence-electron chi connectivity index (χ2n) is 2.17. The van der Waals surface area contributed by atoms with Crippen LogP contribution in [0.2, 0.25) is 0 Å². The van der Waals surface area contributed by atoms with E-state index in [0.29, 0.717) is 13.1 Å². The summed E-state index contributed by atoms with van der Waals surface area (Å²) in [4.78, 5) is 14.1. The van der Waals surface area contributed by atoms with Gasteiger partial charge in [0.05, 0.1) is 13.1 Å². The summed E-state index contributed by atoms with van der Waals surface area (Å²) in [7, 11) is 0. The van der Waals surface area contributed by atoms with E-state index in [1.165, 1.54) is 0 Å². The van der Waals surface area contributed by atoms with Crippen LogP contribution in [-0.2, 0) is 4.74 Å². The number of hydrogen-bond donors (Lipinski definition) is 3. The van der Waals surface area contributed by atoms with Crippen molar-refractivity contribution in [3.8, 4) is 0 Å². The molecule has 1 rings (SSSR count). The molecule has 1 atom stereocenters. The first-order chi connectivity index (χ1) is 5.18. The second kappa shape index (κ2) is 3.09. The van der Waals surface area contributed by atoms with Crippen LogP contribution in [0.15, 0.2) is 4.99 Å². The predicted molar refractivity (Wildman–Crippen MR) is 38.9 cm³/mol. The van der Waals surface area contributed by atoms with E-state index in [4.69, 9.17) is 16.2 Å². The van der Waals surface area contributed by atoms with Gasteiger partial charge in [-0.25, -0.2) is 9.79 Å². The molecule has 1 saturated heterocycles. The molecule has 1 amide bonds. The van der Waals surface area contributed by atoms with Gasteiger partial charge in [-0.15, -0.1) is 0 Å². The van der Waals surface area contributed by atoms with Gasteiger partial charge in [0.25, 0.3) is 0 Å². The molecule has 0 spiro atoms. The van der Waals surface area contributed by atoms with E-state index < -0.39 is 6.09 Å². The molecule has 1 heterocycles. The van der Waals surface area contributed by atoms with Gasteiger partial charge in [0, 0.05) is 0 Å². The molecule has 0 aromatic carbocycles. The molecule has 0 bridgehead atoms. The molecule has 5 N–H and O–H groups in total. The number of amides is 1. The number of cyclic esters (lactones) is 1. The van der Waals surface area contributed by atoms with Crippen molar-refractivity contribution in [2.75, 3.05) is 13.1 Å². The van der Waals surface area contributed by atoms with Crippen LogP contribution in [0, 0.1) is 0 Å². The highest BCUT2D eigenvalue weighted by atomic mass is 16.6. The molecule has 62 valence electrons. The van der Waals surface area contributed by atoms with E-state index in [9.17, 15) is 4.79 Å². The third-order valence-corrected chi connectivity index (χ3v) is 1.23. The Morgan fingerprint density at radius 2 is 2.55 bits per heavy atom. The summed E-state index contributed by atoms with van der Waals surface area (Å²) < 4.78 is 4.74. The van der Waals surface area contributed by atoms with Gasteiger partial charge < -0.3 is 21.5 Å². The summed E-state index contributed by atoms with van der Waals surface area (Å²) in [6.07, 6.45) is -0.648. The van der Waals surface area contributed by atoms with Crippen molar-refractivity contribution in [3.05, 3.63) is 0 Å². The summed E-state index contributed by atoms with van der Waals surface area (Å²) in [5.74, 6) is 0.00736. The summed E-state index contributed by atoms with van der Waals surface area (Å²) in [6, 6.07) is 0. The highest BCUT2D eigenvalue weighted by molar-refractivity contribution is 5.75. The third kappa shape index (κ3) is 2.32. The fourth-order valence-electron chi connectivity index (χ4n) is 0.741. The van der Waals surface area contributed by atoms with Gasteiger partial charge >= 0.3 is 6.09 Å². The van der Waals surface area contributed by atoms with Gasteiger partial charge in [0.15, 0.2) is 5.96 Å². The topological polar surface area (TPSA) is 103 Å². The van der Waals surface area contributed by atoms with Gasteiger partial charge in [-0.3, -0.25) is 0 Å². The zero-order valence-corrected chi connectivity index (χ0v) is 5.91. The maximum absolute atomic E-state index is 10.5. The number of alkyl carbamates (subject to hydrolysis) is 1. The Balaban J connectivity index is 2.29. The van der Waals surface area contributed by atoms with Gasteiger partial charge in [-0.2, -0.15) is 0 Å². The zero-order chi connectivity index (χ0) is 8.27. The first-order valence-corrected chi connectivity index (χ1v) is 3.18. The standard InChI is InChI=1S/C5H10N4O2/c6-4(7)8-1-3-2-9-5(10)11-3/h3H,1-2H2,(H,9,10)(H4,6,7,8)/t3-/m0/s1. The number of nitrogens with zero attached hydrogens (tertiary/aromatic N) is 1. The monoisotopic (exact) mass is 158 g/mol. The Kier molecular flexibility index (Phi) is 2.15. The normalized spacial score (nSPS) is 22.2. The Labute approximate surface area is 63.6 Å². The van der Waals surface area contributed by atoms with Crippen LogP contribution in [0.3, 0.4) is 0 Å². The average Bonchev–Trinajstić information content (AvgIpc) is 2.31. The number of carbonyl (C=O) groups is 1. The molecule has 6 heteroatoms. The fraction of sp³-hybridized carbons (Fsp3) is 0.600. The maximum atomic E-state index is 10.5. The summed E-state index contributed by atoms with van der Waals surface area (Å²) >= 11 is 0. The zero-order valence-electron chi connectivity index (χ0n) is 5.91. The first kappa shape index (κ1) is 7.64. The quantitative estimate of drug-likeness (QED) is 0.331. The van der Waals surface area contributed by atoms with E-state index in [1.54, 1.807) is 0 Å². The van der Waals surface area contributed by atoms with Crippen molar-refractivity contribution in [2.24, 2.45) is 16.5 Å². The number of carbonyl (C=O) groups excluding carboxylic acids is 1. The van der Waals surface area contributed by atoms with E-state index in [2.05, 4.69) is 10.3 Å². The van der Waals surface area contributed by atoms with Crippen molar-refractivity contribution in [1.82, 2.24) is 5.32 Å². The van der Waals surface area contributed by atoms with E-state index in [0.717, 1.165) is 0 Å². The number of hydrogen-bond acceptors (Lipinski definition) is 3. The largest absolute Gasteiger partial charge is 0.442 e.